The molecule has 1 aromatic heterocycles. The van der Waals surface area contributed by atoms with Gasteiger partial charge in [0.05, 0.1) is 28.8 Å². The van der Waals surface area contributed by atoms with Gasteiger partial charge in [0.2, 0.25) is 0 Å². The van der Waals surface area contributed by atoms with Crippen molar-refractivity contribution in [3.63, 3.8) is 0 Å². The first-order valence-electron chi connectivity index (χ1n) is 8.08. The highest BCUT2D eigenvalue weighted by molar-refractivity contribution is 6.38. The molecule has 0 fully saturated rings. The first kappa shape index (κ1) is 18.7. The molecule has 0 saturated carbocycles. The Morgan fingerprint density at radius 1 is 1.23 bits per heavy atom. The number of hydrogen-bond donors (Lipinski definition) is 1. The molecule has 5 nitrogen and oxygen atoms in total. The number of benzene rings is 2. The molecule has 1 N–H and O–H groups in total. The number of aryl methyl sites for hydroxylation is 2. The third-order valence-corrected chi connectivity index (χ3v) is 4.59. The number of halogens is 2. The first-order chi connectivity index (χ1) is 12.4. The summed E-state index contributed by atoms with van der Waals surface area (Å²) in [6, 6.07) is 8.90. The number of hydrogen-bond acceptors (Lipinski definition) is 4. The molecule has 0 amide bonds. The van der Waals surface area contributed by atoms with Crippen LogP contribution in [0.3, 0.4) is 0 Å². The van der Waals surface area contributed by atoms with Gasteiger partial charge in [-0.2, -0.15) is 0 Å². The zero-order valence-electron chi connectivity index (χ0n) is 14.4. The number of ether oxygens (including phenoxy) is 1. The van der Waals surface area contributed by atoms with Crippen LogP contribution in [0.4, 0.5) is 0 Å². The summed E-state index contributed by atoms with van der Waals surface area (Å²) in [6.45, 7) is 4.00. The molecule has 0 bridgehead atoms. The van der Waals surface area contributed by atoms with Crippen LogP contribution in [0.15, 0.2) is 41.5 Å². The lowest BCUT2D eigenvalue weighted by atomic mass is 10.1. The maximum Gasteiger partial charge on any atom is 0.261 e. The van der Waals surface area contributed by atoms with Gasteiger partial charge in [-0.15, -0.1) is 0 Å². The second-order valence-corrected chi connectivity index (χ2v) is 7.02. The second kappa shape index (κ2) is 7.66. The van der Waals surface area contributed by atoms with Crippen molar-refractivity contribution in [2.75, 3.05) is 6.61 Å². The van der Waals surface area contributed by atoms with Crippen molar-refractivity contribution in [2.45, 2.75) is 26.5 Å². The van der Waals surface area contributed by atoms with Gasteiger partial charge in [0.25, 0.3) is 5.56 Å². The number of aliphatic hydroxyl groups is 1. The average Bonchev–Trinajstić information content (AvgIpc) is 2.57. The Morgan fingerprint density at radius 2 is 1.92 bits per heavy atom. The molecule has 3 rings (SSSR count). The van der Waals surface area contributed by atoms with E-state index in [1.54, 1.807) is 0 Å². The third kappa shape index (κ3) is 3.85. The zero-order valence-corrected chi connectivity index (χ0v) is 15.9. The van der Waals surface area contributed by atoms with Gasteiger partial charge in [0.15, 0.2) is 0 Å². The number of aliphatic hydroxyl groups excluding tert-OH is 1. The van der Waals surface area contributed by atoms with Gasteiger partial charge in [0, 0.05) is 5.02 Å². The summed E-state index contributed by atoms with van der Waals surface area (Å²) in [5.74, 6) is 0.745. The van der Waals surface area contributed by atoms with Crippen LogP contribution in [0.2, 0.25) is 10.0 Å². The predicted molar refractivity (Wildman–Crippen MR) is 103 cm³/mol. The van der Waals surface area contributed by atoms with E-state index in [2.05, 4.69) is 4.98 Å². The Morgan fingerprint density at radius 3 is 2.62 bits per heavy atom. The van der Waals surface area contributed by atoms with Crippen LogP contribution >= 0.6 is 23.2 Å². The molecule has 0 spiro atoms. The van der Waals surface area contributed by atoms with E-state index in [-0.39, 0.29) is 18.7 Å². The summed E-state index contributed by atoms with van der Waals surface area (Å²) in [5.41, 5.74) is 2.06. The number of nitrogens with zero attached hydrogens (tertiary/aromatic N) is 2. The highest BCUT2D eigenvalue weighted by atomic mass is 35.5. The summed E-state index contributed by atoms with van der Waals surface area (Å²) >= 11 is 12.0. The summed E-state index contributed by atoms with van der Waals surface area (Å²) in [4.78, 5) is 16.8. The van der Waals surface area contributed by atoms with Gasteiger partial charge in [0.1, 0.15) is 18.5 Å². The number of fused-ring (bicyclic) bond motifs is 1. The Hall–Kier alpha value is -2.08. The molecule has 2 aromatic carbocycles. The Bertz CT molecular complexity index is 997. The molecule has 0 unspecified atom stereocenters. The van der Waals surface area contributed by atoms with Crippen molar-refractivity contribution in [1.82, 2.24) is 9.55 Å². The monoisotopic (exact) mass is 392 g/mol. The summed E-state index contributed by atoms with van der Waals surface area (Å²) in [7, 11) is 0. The maximum absolute atomic E-state index is 12.6. The van der Waals surface area contributed by atoms with Crippen molar-refractivity contribution in [3.8, 4) is 5.75 Å². The average molecular weight is 393 g/mol. The summed E-state index contributed by atoms with van der Waals surface area (Å²) in [6.07, 6.45) is 0.493. The van der Waals surface area contributed by atoms with Crippen molar-refractivity contribution >= 4 is 34.1 Å². The smallest absolute Gasteiger partial charge is 0.261 e. The molecule has 0 saturated heterocycles. The largest absolute Gasteiger partial charge is 0.490 e. The first-order valence-corrected chi connectivity index (χ1v) is 8.83. The second-order valence-electron chi connectivity index (χ2n) is 6.17. The lowest BCUT2D eigenvalue weighted by Gasteiger charge is -2.16. The maximum atomic E-state index is 12.6. The number of rotatable bonds is 5. The van der Waals surface area contributed by atoms with Crippen LogP contribution < -0.4 is 10.3 Å². The minimum atomic E-state index is -0.874. The quantitative estimate of drug-likeness (QED) is 0.717. The van der Waals surface area contributed by atoms with Gasteiger partial charge in [-0.3, -0.25) is 9.36 Å². The van der Waals surface area contributed by atoms with Crippen LogP contribution in [0, 0.1) is 13.8 Å². The van der Waals surface area contributed by atoms with Crippen molar-refractivity contribution in [1.29, 1.82) is 0 Å². The molecule has 0 aliphatic carbocycles. The van der Waals surface area contributed by atoms with Crippen molar-refractivity contribution in [3.05, 3.63) is 68.2 Å². The van der Waals surface area contributed by atoms with E-state index in [1.807, 2.05) is 32.0 Å². The molecule has 0 aliphatic heterocycles. The highest BCUT2D eigenvalue weighted by Gasteiger charge is 2.13. The minimum Gasteiger partial charge on any atom is -0.490 e. The van der Waals surface area contributed by atoms with Crippen LogP contribution in [0.1, 0.15) is 11.1 Å². The molecule has 0 radical (unpaired) electrons. The van der Waals surface area contributed by atoms with E-state index in [1.165, 1.54) is 23.0 Å². The molecular formula is C19H18Cl2N2O3. The van der Waals surface area contributed by atoms with E-state index in [0.29, 0.717) is 20.9 Å². The molecule has 1 atom stereocenters. The Balaban J connectivity index is 1.78. The molecule has 136 valence electrons. The third-order valence-electron chi connectivity index (χ3n) is 4.08. The zero-order chi connectivity index (χ0) is 18.8. The normalized spacial score (nSPS) is 12.3. The molecular weight excluding hydrogens is 375 g/mol. The van der Waals surface area contributed by atoms with Gasteiger partial charge < -0.3 is 9.84 Å². The fourth-order valence-electron chi connectivity index (χ4n) is 2.81. The Labute approximate surface area is 160 Å². The SMILES string of the molecule is Cc1cccc(C)c1OC[C@H](O)Cn1cnc2c(Cl)cc(Cl)cc2c1=O. The molecule has 0 aliphatic rings. The van der Waals surface area contributed by atoms with E-state index in [0.717, 1.165) is 16.9 Å². The van der Waals surface area contributed by atoms with E-state index in [9.17, 15) is 9.90 Å². The lowest BCUT2D eigenvalue weighted by molar-refractivity contribution is 0.0908. The minimum absolute atomic E-state index is 0.0524. The van der Waals surface area contributed by atoms with Gasteiger partial charge in [-0.1, -0.05) is 41.4 Å². The number of para-hydroxylation sites is 1. The Kier molecular flexibility index (Phi) is 5.51. The standard InChI is InChI=1S/C19H18Cl2N2O3/c1-11-4-3-5-12(2)18(11)26-9-14(24)8-23-10-22-17-15(19(23)25)6-13(20)7-16(17)21/h3-7,10,14,24H,8-9H2,1-2H3/t14-/m1/s1. The van der Waals surface area contributed by atoms with Crippen LogP contribution in [-0.2, 0) is 6.54 Å². The van der Waals surface area contributed by atoms with Crippen molar-refractivity contribution < 1.29 is 9.84 Å². The van der Waals surface area contributed by atoms with Gasteiger partial charge in [-0.05, 0) is 37.1 Å². The van der Waals surface area contributed by atoms with E-state index < -0.39 is 6.10 Å². The molecule has 1 heterocycles. The lowest BCUT2D eigenvalue weighted by Crippen LogP contribution is -2.30. The molecule has 26 heavy (non-hydrogen) atoms. The highest BCUT2D eigenvalue weighted by Crippen LogP contribution is 2.24. The van der Waals surface area contributed by atoms with Crippen LogP contribution in [-0.4, -0.2) is 27.4 Å². The van der Waals surface area contributed by atoms with E-state index >= 15 is 0 Å². The predicted octanol–water partition coefficient (Wildman–Crippen LogP) is 3.76. The van der Waals surface area contributed by atoms with Gasteiger partial charge in [-0.25, -0.2) is 4.98 Å². The van der Waals surface area contributed by atoms with Gasteiger partial charge >= 0.3 is 0 Å². The van der Waals surface area contributed by atoms with E-state index in [4.69, 9.17) is 27.9 Å². The summed E-state index contributed by atoms with van der Waals surface area (Å²) in [5, 5.41) is 11.3. The molecule has 3 aromatic rings. The number of aromatic nitrogens is 2. The topological polar surface area (TPSA) is 64.3 Å². The van der Waals surface area contributed by atoms with Crippen LogP contribution in [0.5, 0.6) is 5.75 Å². The fraction of sp³-hybridized carbons (Fsp3) is 0.263. The fourth-order valence-corrected chi connectivity index (χ4v) is 3.35. The molecule has 7 heteroatoms. The van der Waals surface area contributed by atoms with Crippen molar-refractivity contribution in [2.24, 2.45) is 0 Å². The van der Waals surface area contributed by atoms with Crippen LogP contribution in [0.25, 0.3) is 10.9 Å². The summed E-state index contributed by atoms with van der Waals surface area (Å²) < 4.78 is 7.07.